The Hall–Kier alpha value is -0.730. The van der Waals surface area contributed by atoms with Crippen molar-refractivity contribution in [2.45, 2.75) is 64.5 Å². The van der Waals surface area contributed by atoms with Gasteiger partial charge in [-0.15, -0.1) is 0 Å². The monoisotopic (exact) mass is 223 g/mol. The lowest BCUT2D eigenvalue weighted by atomic mass is 9.85. The Bertz CT molecular complexity index is 277. The van der Waals surface area contributed by atoms with Crippen LogP contribution in [0.15, 0.2) is 4.99 Å². The average molecular weight is 223 g/mol. The molecule has 1 saturated heterocycles. The second-order valence-electron chi connectivity index (χ2n) is 6.23. The van der Waals surface area contributed by atoms with Crippen molar-refractivity contribution in [2.75, 3.05) is 6.54 Å². The smallest absolute Gasteiger partial charge is 0.192 e. The third-order valence-electron chi connectivity index (χ3n) is 3.75. The first-order valence-corrected chi connectivity index (χ1v) is 6.59. The van der Waals surface area contributed by atoms with Gasteiger partial charge in [-0.2, -0.15) is 0 Å². The molecular weight excluding hydrogens is 198 g/mol. The Morgan fingerprint density at radius 3 is 2.56 bits per heavy atom. The summed E-state index contributed by atoms with van der Waals surface area (Å²) in [5.41, 5.74) is 6.09. The second-order valence-corrected chi connectivity index (χ2v) is 6.23. The maximum absolute atomic E-state index is 6.15. The first-order chi connectivity index (χ1) is 7.47. The van der Waals surface area contributed by atoms with Crippen molar-refractivity contribution >= 4 is 5.96 Å². The van der Waals surface area contributed by atoms with Gasteiger partial charge in [-0.05, 0) is 46.0 Å². The van der Waals surface area contributed by atoms with Gasteiger partial charge in [0.15, 0.2) is 5.96 Å². The summed E-state index contributed by atoms with van der Waals surface area (Å²) in [4.78, 5) is 6.96. The molecule has 2 atom stereocenters. The van der Waals surface area contributed by atoms with Gasteiger partial charge in [0.05, 0.1) is 5.54 Å². The van der Waals surface area contributed by atoms with Crippen molar-refractivity contribution in [2.24, 2.45) is 16.6 Å². The zero-order chi connectivity index (χ0) is 11.8. The summed E-state index contributed by atoms with van der Waals surface area (Å²) >= 11 is 0. The lowest BCUT2D eigenvalue weighted by molar-refractivity contribution is 0.251. The highest BCUT2D eigenvalue weighted by Gasteiger charge is 2.36. The molecule has 0 aromatic rings. The van der Waals surface area contributed by atoms with Crippen LogP contribution in [0.1, 0.15) is 52.9 Å². The maximum atomic E-state index is 6.15. The summed E-state index contributed by atoms with van der Waals surface area (Å²) in [5, 5.41) is 0. The summed E-state index contributed by atoms with van der Waals surface area (Å²) < 4.78 is 0. The summed E-state index contributed by atoms with van der Waals surface area (Å²) in [6, 6.07) is 0.680. The molecule has 1 heterocycles. The zero-order valence-electron chi connectivity index (χ0n) is 10.9. The van der Waals surface area contributed by atoms with Crippen molar-refractivity contribution in [3.63, 3.8) is 0 Å². The highest BCUT2D eigenvalue weighted by atomic mass is 15.3. The van der Waals surface area contributed by atoms with E-state index in [2.05, 4.69) is 30.7 Å². The summed E-state index contributed by atoms with van der Waals surface area (Å²) in [5.74, 6) is 1.64. The standard InChI is InChI=1S/C13H25N3/c1-13(2,3)15-12(14)16-9-8-10-6-4-5-7-11(10)16/h10-11H,4-9H2,1-3H3,(H2,14,15). The zero-order valence-corrected chi connectivity index (χ0v) is 10.9. The van der Waals surface area contributed by atoms with Crippen LogP contribution in [0.4, 0.5) is 0 Å². The Labute approximate surface area is 99.1 Å². The number of fused-ring (bicyclic) bond motifs is 1. The molecule has 0 aromatic carbocycles. The van der Waals surface area contributed by atoms with Crippen LogP contribution in [-0.4, -0.2) is 29.0 Å². The van der Waals surface area contributed by atoms with Crippen LogP contribution in [0.2, 0.25) is 0 Å². The largest absolute Gasteiger partial charge is 0.370 e. The average Bonchev–Trinajstić information content (AvgIpc) is 2.58. The number of hydrogen-bond acceptors (Lipinski definition) is 1. The van der Waals surface area contributed by atoms with E-state index in [0.29, 0.717) is 6.04 Å². The fourth-order valence-electron chi connectivity index (χ4n) is 3.10. The third kappa shape index (κ3) is 2.50. The number of nitrogens with two attached hydrogens (primary N) is 1. The van der Waals surface area contributed by atoms with E-state index in [0.717, 1.165) is 18.4 Å². The van der Waals surface area contributed by atoms with Crippen LogP contribution in [0.5, 0.6) is 0 Å². The number of aliphatic imine (C=N–C) groups is 1. The van der Waals surface area contributed by atoms with E-state index in [-0.39, 0.29) is 5.54 Å². The lowest BCUT2D eigenvalue weighted by Crippen LogP contribution is -2.44. The van der Waals surface area contributed by atoms with Crippen LogP contribution < -0.4 is 5.73 Å². The third-order valence-corrected chi connectivity index (χ3v) is 3.75. The molecule has 1 saturated carbocycles. The number of guanidine groups is 1. The van der Waals surface area contributed by atoms with Gasteiger partial charge in [-0.25, -0.2) is 4.99 Å². The molecule has 16 heavy (non-hydrogen) atoms. The summed E-state index contributed by atoms with van der Waals surface area (Å²) in [7, 11) is 0. The predicted molar refractivity (Wildman–Crippen MR) is 68.4 cm³/mol. The minimum absolute atomic E-state index is 0.0587. The summed E-state index contributed by atoms with van der Waals surface area (Å²) in [6.45, 7) is 7.43. The van der Waals surface area contributed by atoms with E-state index in [1.165, 1.54) is 32.1 Å². The van der Waals surface area contributed by atoms with Crippen molar-refractivity contribution in [3.8, 4) is 0 Å². The molecule has 2 unspecified atom stereocenters. The van der Waals surface area contributed by atoms with Crippen LogP contribution in [0.25, 0.3) is 0 Å². The SMILES string of the molecule is CC(C)(C)N=C(N)N1CCC2CCCCC21. The van der Waals surface area contributed by atoms with Gasteiger partial charge >= 0.3 is 0 Å². The highest BCUT2D eigenvalue weighted by molar-refractivity contribution is 5.79. The first-order valence-electron chi connectivity index (χ1n) is 6.59. The number of nitrogens with zero attached hydrogens (tertiary/aromatic N) is 2. The molecule has 0 bridgehead atoms. The molecule has 2 aliphatic rings. The maximum Gasteiger partial charge on any atom is 0.192 e. The van der Waals surface area contributed by atoms with Gasteiger partial charge in [-0.3, -0.25) is 0 Å². The number of hydrogen-bond donors (Lipinski definition) is 1. The Morgan fingerprint density at radius 1 is 1.19 bits per heavy atom. The second kappa shape index (κ2) is 4.27. The molecule has 2 fully saturated rings. The van der Waals surface area contributed by atoms with Crippen LogP contribution in [0.3, 0.4) is 0 Å². The minimum Gasteiger partial charge on any atom is -0.370 e. The predicted octanol–water partition coefficient (Wildman–Crippen LogP) is 2.36. The van der Waals surface area contributed by atoms with E-state index in [1.807, 2.05) is 0 Å². The van der Waals surface area contributed by atoms with E-state index >= 15 is 0 Å². The highest BCUT2D eigenvalue weighted by Crippen LogP contribution is 2.36. The summed E-state index contributed by atoms with van der Waals surface area (Å²) in [6.07, 6.45) is 6.78. The Kier molecular flexibility index (Phi) is 3.13. The molecule has 1 aliphatic heterocycles. The van der Waals surface area contributed by atoms with Crippen molar-refractivity contribution in [1.29, 1.82) is 0 Å². The first kappa shape index (κ1) is 11.7. The van der Waals surface area contributed by atoms with E-state index in [1.54, 1.807) is 0 Å². The molecule has 92 valence electrons. The molecule has 2 N–H and O–H groups in total. The normalized spacial score (nSPS) is 31.7. The molecule has 0 radical (unpaired) electrons. The molecule has 0 amide bonds. The van der Waals surface area contributed by atoms with Gasteiger partial charge in [-0.1, -0.05) is 12.8 Å². The fourth-order valence-corrected chi connectivity index (χ4v) is 3.10. The van der Waals surface area contributed by atoms with E-state index in [9.17, 15) is 0 Å². The lowest BCUT2D eigenvalue weighted by Gasteiger charge is -2.33. The molecule has 3 nitrogen and oxygen atoms in total. The van der Waals surface area contributed by atoms with E-state index < -0.39 is 0 Å². The minimum atomic E-state index is -0.0587. The number of likely N-dealkylation sites (tertiary alicyclic amines) is 1. The Morgan fingerprint density at radius 2 is 1.88 bits per heavy atom. The van der Waals surface area contributed by atoms with Gasteiger partial charge in [0, 0.05) is 12.6 Å². The fraction of sp³-hybridized carbons (Fsp3) is 0.923. The molecule has 0 aromatic heterocycles. The van der Waals surface area contributed by atoms with Crippen molar-refractivity contribution < 1.29 is 0 Å². The van der Waals surface area contributed by atoms with Crippen LogP contribution in [0, 0.1) is 5.92 Å². The Balaban J connectivity index is 2.07. The van der Waals surface area contributed by atoms with Crippen molar-refractivity contribution in [1.82, 2.24) is 4.90 Å². The van der Waals surface area contributed by atoms with Crippen LogP contribution in [-0.2, 0) is 0 Å². The molecular formula is C13H25N3. The quantitative estimate of drug-likeness (QED) is 0.506. The van der Waals surface area contributed by atoms with Gasteiger partial charge < -0.3 is 10.6 Å². The molecule has 2 rings (SSSR count). The molecule has 3 heteroatoms. The molecule has 1 aliphatic carbocycles. The van der Waals surface area contributed by atoms with E-state index in [4.69, 9.17) is 5.73 Å². The topological polar surface area (TPSA) is 41.6 Å². The van der Waals surface area contributed by atoms with Crippen molar-refractivity contribution in [3.05, 3.63) is 0 Å². The van der Waals surface area contributed by atoms with Gasteiger partial charge in [0.1, 0.15) is 0 Å². The molecule has 0 spiro atoms. The number of rotatable bonds is 0. The van der Waals surface area contributed by atoms with Gasteiger partial charge in [0.25, 0.3) is 0 Å². The van der Waals surface area contributed by atoms with Crippen LogP contribution >= 0.6 is 0 Å². The van der Waals surface area contributed by atoms with Gasteiger partial charge in [0.2, 0.25) is 0 Å².